The first-order chi connectivity index (χ1) is 18.3. The third-order valence-electron chi connectivity index (χ3n) is 6.92. The number of carbonyl (C=O) groups excluding carboxylic acids is 1. The van der Waals surface area contributed by atoms with Gasteiger partial charge in [-0.1, -0.05) is 42.5 Å². The topological polar surface area (TPSA) is 82.5 Å². The van der Waals surface area contributed by atoms with Gasteiger partial charge in [0.25, 0.3) is 5.91 Å². The van der Waals surface area contributed by atoms with E-state index in [1.165, 1.54) is 16.4 Å². The number of amides is 1. The molecule has 1 atom stereocenters. The lowest BCUT2D eigenvalue weighted by Gasteiger charge is -2.34. The lowest BCUT2D eigenvalue weighted by molar-refractivity contribution is -0.134. The smallest absolute Gasteiger partial charge is 0.257 e. The number of rotatable bonds is 7. The van der Waals surface area contributed by atoms with Crippen molar-refractivity contribution in [2.75, 3.05) is 39.8 Å². The second-order valence-corrected chi connectivity index (χ2v) is 11.2. The summed E-state index contributed by atoms with van der Waals surface area (Å²) < 4.78 is 45.8. The predicted molar refractivity (Wildman–Crippen MR) is 142 cm³/mol. The number of benzene rings is 3. The fourth-order valence-electron chi connectivity index (χ4n) is 4.78. The first-order valence-corrected chi connectivity index (χ1v) is 13.9. The zero-order valence-corrected chi connectivity index (χ0v) is 21.9. The summed E-state index contributed by atoms with van der Waals surface area (Å²) in [4.78, 5) is 15.5. The van der Waals surface area contributed by atoms with E-state index < -0.39 is 15.8 Å². The molecule has 3 aromatic carbocycles. The van der Waals surface area contributed by atoms with E-state index in [4.69, 9.17) is 9.84 Å². The molecule has 1 amide bonds. The zero-order valence-electron chi connectivity index (χ0n) is 21.0. The molecule has 0 saturated carbocycles. The Morgan fingerprint density at radius 1 is 0.947 bits per heavy atom. The van der Waals surface area contributed by atoms with Crippen LogP contribution in [0, 0.1) is 5.82 Å². The Morgan fingerprint density at radius 2 is 1.61 bits per heavy atom. The molecule has 8 nitrogen and oxygen atoms in total. The van der Waals surface area contributed by atoms with Crippen LogP contribution in [0.15, 0.2) is 88.9 Å². The molecule has 0 N–H and O–H groups in total. The van der Waals surface area contributed by atoms with Crippen molar-refractivity contribution >= 4 is 21.6 Å². The fraction of sp³-hybridized carbons (Fsp3) is 0.286. The first-order valence-electron chi connectivity index (χ1n) is 12.4. The molecule has 198 valence electrons. The molecular weight excluding hydrogens is 507 g/mol. The maximum atomic E-state index is 13.5. The maximum Gasteiger partial charge on any atom is 0.257 e. The number of ether oxygens (including phenoxy) is 1. The maximum absolute atomic E-state index is 13.5. The molecule has 0 bridgehead atoms. The molecule has 0 spiro atoms. The van der Waals surface area contributed by atoms with E-state index in [1.807, 2.05) is 59.5 Å². The summed E-state index contributed by atoms with van der Waals surface area (Å²) in [5.74, 6) is 0.106. The predicted octanol–water partition coefficient (Wildman–Crippen LogP) is 3.52. The van der Waals surface area contributed by atoms with Gasteiger partial charge in [-0.3, -0.25) is 9.69 Å². The molecule has 2 aliphatic rings. The second-order valence-electron chi connectivity index (χ2n) is 9.28. The van der Waals surface area contributed by atoms with Crippen molar-refractivity contribution in [2.45, 2.75) is 17.4 Å². The van der Waals surface area contributed by atoms with E-state index in [0.29, 0.717) is 19.5 Å². The van der Waals surface area contributed by atoms with Crippen molar-refractivity contribution in [2.24, 2.45) is 5.10 Å². The minimum atomic E-state index is -3.72. The van der Waals surface area contributed by atoms with E-state index in [0.717, 1.165) is 34.7 Å². The van der Waals surface area contributed by atoms with Crippen LogP contribution in [0.5, 0.6) is 5.75 Å². The summed E-state index contributed by atoms with van der Waals surface area (Å²) >= 11 is 0. The number of hydrazone groups is 1. The summed E-state index contributed by atoms with van der Waals surface area (Å²) in [5.41, 5.74) is 2.78. The third kappa shape index (κ3) is 5.47. The van der Waals surface area contributed by atoms with E-state index in [2.05, 4.69) is 0 Å². The molecule has 10 heteroatoms. The van der Waals surface area contributed by atoms with Gasteiger partial charge in [0.15, 0.2) is 0 Å². The van der Waals surface area contributed by atoms with Crippen molar-refractivity contribution in [1.29, 1.82) is 0 Å². The number of carbonyl (C=O) groups is 1. The van der Waals surface area contributed by atoms with E-state index >= 15 is 0 Å². The Bertz CT molecular complexity index is 1410. The van der Waals surface area contributed by atoms with E-state index in [9.17, 15) is 17.6 Å². The van der Waals surface area contributed by atoms with E-state index in [-0.39, 0.29) is 36.5 Å². The molecule has 1 fully saturated rings. The van der Waals surface area contributed by atoms with Crippen LogP contribution in [0.4, 0.5) is 4.39 Å². The fourth-order valence-corrected chi connectivity index (χ4v) is 6.20. The lowest BCUT2D eigenvalue weighted by Crippen LogP contribution is -2.51. The largest absolute Gasteiger partial charge is 0.497 e. The lowest BCUT2D eigenvalue weighted by atomic mass is 9.98. The van der Waals surface area contributed by atoms with Gasteiger partial charge in [-0.25, -0.2) is 17.8 Å². The summed E-state index contributed by atoms with van der Waals surface area (Å²) in [6, 6.07) is 22.0. The van der Waals surface area contributed by atoms with Crippen LogP contribution in [0.25, 0.3) is 0 Å². The van der Waals surface area contributed by atoms with Gasteiger partial charge < -0.3 is 4.74 Å². The number of piperazine rings is 1. The van der Waals surface area contributed by atoms with Gasteiger partial charge in [0, 0.05) is 32.6 Å². The quantitative estimate of drug-likeness (QED) is 0.462. The van der Waals surface area contributed by atoms with Crippen LogP contribution >= 0.6 is 0 Å². The van der Waals surface area contributed by atoms with Gasteiger partial charge in [-0.2, -0.15) is 9.41 Å². The molecule has 38 heavy (non-hydrogen) atoms. The van der Waals surface area contributed by atoms with Crippen LogP contribution < -0.4 is 4.74 Å². The highest BCUT2D eigenvalue weighted by atomic mass is 32.2. The molecule has 0 radical (unpaired) electrons. The number of hydrogen-bond donors (Lipinski definition) is 0. The average molecular weight is 537 g/mol. The monoisotopic (exact) mass is 536 g/mol. The van der Waals surface area contributed by atoms with Crippen LogP contribution in [-0.4, -0.2) is 74.1 Å². The SMILES string of the molecule is COc1ccc(C2CC(c3ccccc3)=NN2C(=O)CN2CCN(S(=O)(=O)c3ccc(F)cc3)CC2)cc1. The molecule has 3 aromatic rings. The summed E-state index contributed by atoms with van der Waals surface area (Å²) in [7, 11) is -2.11. The molecule has 0 aromatic heterocycles. The highest BCUT2D eigenvalue weighted by molar-refractivity contribution is 7.89. The molecule has 1 saturated heterocycles. The van der Waals surface area contributed by atoms with E-state index in [1.54, 1.807) is 12.1 Å². The van der Waals surface area contributed by atoms with Gasteiger partial charge >= 0.3 is 0 Å². The molecule has 5 rings (SSSR count). The van der Waals surface area contributed by atoms with Gasteiger partial charge in [-0.15, -0.1) is 0 Å². The Morgan fingerprint density at radius 3 is 2.24 bits per heavy atom. The summed E-state index contributed by atoms with van der Waals surface area (Å²) in [5, 5.41) is 6.29. The highest BCUT2D eigenvalue weighted by Gasteiger charge is 2.35. The molecule has 2 aliphatic heterocycles. The minimum absolute atomic E-state index is 0.0607. The van der Waals surface area contributed by atoms with Gasteiger partial charge in [0.2, 0.25) is 10.0 Å². The van der Waals surface area contributed by atoms with Crippen LogP contribution in [-0.2, 0) is 14.8 Å². The zero-order chi connectivity index (χ0) is 26.7. The second kappa shape index (κ2) is 11.0. The molecule has 0 aliphatic carbocycles. The number of methoxy groups -OCH3 is 1. The Kier molecular flexibility index (Phi) is 7.55. The van der Waals surface area contributed by atoms with Crippen molar-refractivity contribution in [1.82, 2.24) is 14.2 Å². The van der Waals surface area contributed by atoms with Crippen molar-refractivity contribution in [3.05, 3.63) is 95.8 Å². The Balaban J connectivity index is 1.28. The van der Waals surface area contributed by atoms with Gasteiger partial charge in [-0.05, 0) is 47.5 Å². The molecule has 1 unspecified atom stereocenters. The Labute approximate surface area is 222 Å². The summed E-state index contributed by atoms with van der Waals surface area (Å²) in [6.45, 7) is 1.43. The van der Waals surface area contributed by atoms with Crippen molar-refractivity contribution in [3.63, 3.8) is 0 Å². The normalized spacial score (nSPS) is 18.8. The number of halogens is 1. The highest BCUT2D eigenvalue weighted by Crippen LogP contribution is 2.34. The van der Waals surface area contributed by atoms with Crippen molar-refractivity contribution in [3.8, 4) is 5.75 Å². The summed E-state index contributed by atoms with van der Waals surface area (Å²) in [6.07, 6.45) is 0.589. The molecule has 2 heterocycles. The minimum Gasteiger partial charge on any atom is -0.497 e. The average Bonchev–Trinajstić information content (AvgIpc) is 3.40. The van der Waals surface area contributed by atoms with Gasteiger partial charge in [0.1, 0.15) is 11.6 Å². The number of nitrogens with zero attached hydrogens (tertiary/aromatic N) is 4. The van der Waals surface area contributed by atoms with Gasteiger partial charge in [0.05, 0.1) is 30.3 Å². The number of hydrogen-bond acceptors (Lipinski definition) is 6. The van der Waals surface area contributed by atoms with Crippen LogP contribution in [0.2, 0.25) is 0 Å². The Hall–Kier alpha value is -3.60. The third-order valence-corrected chi connectivity index (χ3v) is 8.83. The van der Waals surface area contributed by atoms with Crippen LogP contribution in [0.3, 0.4) is 0 Å². The van der Waals surface area contributed by atoms with Crippen molar-refractivity contribution < 1.29 is 22.3 Å². The molecular formula is C28H29FN4O4S. The van der Waals surface area contributed by atoms with Crippen LogP contribution in [0.1, 0.15) is 23.6 Å². The standard InChI is InChI=1S/C28H29FN4O4S/c1-37-24-11-7-22(8-12-24)27-19-26(21-5-3-2-4-6-21)30-33(27)28(34)20-31-15-17-32(18-16-31)38(35,36)25-13-9-23(29)10-14-25/h2-14,27H,15-20H2,1H3. The first kappa shape index (κ1) is 26.0. The number of sulfonamides is 1.